The molecular weight excluding hydrogens is 319 g/mol. The van der Waals surface area contributed by atoms with E-state index < -0.39 is 23.7 Å². The van der Waals surface area contributed by atoms with E-state index in [0.29, 0.717) is 23.0 Å². The van der Waals surface area contributed by atoms with E-state index in [1.807, 2.05) is 0 Å². The number of fused-ring (bicyclic) bond motifs is 1. The van der Waals surface area contributed by atoms with Gasteiger partial charge in [-0.05, 0) is 18.2 Å². The zero-order valence-corrected chi connectivity index (χ0v) is 12.1. The summed E-state index contributed by atoms with van der Waals surface area (Å²) in [7, 11) is 0. The number of morpholine rings is 1. The summed E-state index contributed by atoms with van der Waals surface area (Å²) in [5.74, 6) is -0.546. The molecule has 118 valence electrons. The molecule has 1 unspecified atom stereocenters. The summed E-state index contributed by atoms with van der Waals surface area (Å²) in [4.78, 5) is 17.4. The quantitative estimate of drug-likeness (QED) is 0.914. The van der Waals surface area contributed by atoms with Crippen molar-refractivity contribution < 1.29 is 22.7 Å². The molecule has 2 N–H and O–H groups in total. The number of carbonyl (C=O) groups excluding carboxylic acids is 1. The Hall–Kier alpha value is -1.87. The summed E-state index contributed by atoms with van der Waals surface area (Å²) >= 11 is 1.23. The standard InChI is InChI=1S/C13H12F3N3O2S/c14-13(15,16)7-1-2-10-8(5-7)18-12(22-10)19-3-4-21-6-9(19)11(17)20/h1-2,5,9H,3-4,6H2,(H2,17,20). The number of nitrogens with two attached hydrogens (primary N) is 1. The minimum absolute atomic E-state index is 0.152. The number of rotatable bonds is 2. The van der Waals surface area contributed by atoms with Crippen molar-refractivity contribution in [3.8, 4) is 0 Å². The molecular formula is C13H12F3N3O2S. The Labute approximate surface area is 127 Å². The fourth-order valence-electron chi connectivity index (χ4n) is 2.28. The number of benzene rings is 1. The second-order valence-corrected chi connectivity index (χ2v) is 5.87. The van der Waals surface area contributed by atoms with Crippen LogP contribution in [0.4, 0.5) is 18.3 Å². The highest BCUT2D eigenvalue weighted by Gasteiger charge is 2.32. The van der Waals surface area contributed by atoms with Crippen LogP contribution in [0.3, 0.4) is 0 Å². The first-order valence-corrected chi connectivity index (χ1v) is 7.29. The lowest BCUT2D eigenvalue weighted by atomic mass is 10.2. The molecule has 5 nitrogen and oxygen atoms in total. The molecule has 0 radical (unpaired) electrons. The van der Waals surface area contributed by atoms with Crippen LogP contribution in [0.15, 0.2) is 18.2 Å². The van der Waals surface area contributed by atoms with Crippen molar-refractivity contribution in [2.24, 2.45) is 5.73 Å². The van der Waals surface area contributed by atoms with Gasteiger partial charge in [0.2, 0.25) is 5.91 Å². The largest absolute Gasteiger partial charge is 0.416 e. The van der Waals surface area contributed by atoms with Crippen LogP contribution in [0, 0.1) is 0 Å². The van der Waals surface area contributed by atoms with Crippen LogP contribution in [0.1, 0.15) is 5.56 Å². The number of hydrogen-bond acceptors (Lipinski definition) is 5. The summed E-state index contributed by atoms with van der Waals surface area (Å²) in [5.41, 5.74) is 4.85. The van der Waals surface area contributed by atoms with E-state index in [-0.39, 0.29) is 12.1 Å². The zero-order valence-electron chi connectivity index (χ0n) is 11.3. The number of anilines is 1. The highest BCUT2D eigenvalue weighted by atomic mass is 32.1. The van der Waals surface area contributed by atoms with Crippen molar-refractivity contribution in [3.05, 3.63) is 23.8 Å². The Morgan fingerprint density at radius 2 is 2.23 bits per heavy atom. The van der Waals surface area contributed by atoms with Crippen LogP contribution in [0.5, 0.6) is 0 Å². The SMILES string of the molecule is NC(=O)C1COCCN1c1nc2cc(C(F)(F)F)ccc2s1. The predicted molar refractivity (Wildman–Crippen MR) is 75.8 cm³/mol. The third-order valence-electron chi connectivity index (χ3n) is 3.41. The van der Waals surface area contributed by atoms with Crippen LogP contribution in [0.2, 0.25) is 0 Å². The van der Waals surface area contributed by atoms with Gasteiger partial charge in [0.05, 0.1) is 29.0 Å². The summed E-state index contributed by atoms with van der Waals surface area (Å²) in [6.45, 7) is 0.978. The molecule has 22 heavy (non-hydrogen) atoms. The summed E-state index contributed by atoms with van der Waals surface area (Å²) in [6, 6.07) is 2.76. The van der Waals surface area contributed by atoms with Crippen molar-refractivity contribution in [3.63, 3.8) is 0 Å². The molecule has 2 heterocycles. The third kappa shape index (κ3) is 2.73. The summed E-state index contributed by atoms with van der Waals surface area (Å²) in [6.07, 6.45) is -4.41. The number of nitrogens with zero attached hydrogens (tertiary/aromatic N) is 2. The number of ether oxygens (including phenoxy) is 1. The molecule has 0 saturated carbocycles. The maximum absolute atomic E-state index is 12.7. The molecule has 1 fully saturated rings. The average molecular weight is 331 g/mol. The van der Waals surface area contributed by atoms with E-state index >= 15 is 0 Å². The van der Waals surface area contributed by atoms with Gasteiger partial charge in [0, 0.05) is 6.54 Å². The Morgan fingerprint density at radius 1 is 1.45 bits per heavy atom. The number of thiazole rings is 1. The number of amides is 1. The van der Waals surface area contributed by atoms with Gasteiger partial charge in [-0.3, -0.25) is 4.79 Å². The van der Waals surface area contributed by atoms with Gasteiger partial charge in [0.25, 0.3) is 0 Å². The van der Waals surface area contributed by atoms with Crippen LogP contribution < -0.4 is 10.6 Å². The van der Waals surface area contributed by atoms with E-state index in [4.69, 9.17) is 10.5 Å². The van der Waals surface area contributed by atoms with Crippen molar-refractivity contribution >= 4 is 32.6 Å². The van der Waals surface area contributed by atoms with Gasteiger partial charge in [-0.25, -0.2) is 4.98 Å². The van der Waals surface area contributed by atoms with E-state index in [9.17, 15) is 18.0 Å². The first-order chi connectivity index (χ1) is 10.4. The molecule has 9 heteroatoms. The third-order valence-corrected chi connectivity index (χ3v) is 4.48. The molecule has 1 aromatic carbocycles. The molecule has 1 aliphatic rings. The molecule has 0 bridgehead atoms. The van der Waals surface area contributed by atoms with Crippen molar-refractivity contribution in [2.75, 3.05) is 24.7 Å². The van der Waals surface area contributed by atoms with Crippen LogP contribution >= 0.6 is 11.3 Å². The molecule has 1 saturated heterocycles. The zero-order chi connectivity index (χ0) is 15.9. The van der Waals surface area contributed by atoms with Crippen LogP contribution in [-0.2, 0) is 15.7 Å². The van der Waals surface area contributed by atoms with Crippen LogP contribution in [-0.4, -0.2) is 36.7 Å². The first-order valence-electron chi connectivity index (χ1n) is 6.48. The fourth-order valence-corrected chi connectivity index (χ4v) is 3.30. The fraction of sp³-hybridized carbons (Fsp3) is 0.385. The van der Waals surface area contributed by atoms with Gasteiger partial charge < -0.3 is 15.4 Å². The van der Waals surface area contributed by atoms with Gasteiger partial charge in [-0.1, -0.05) is 11.3 Å². The lowest BCUT2D eigenvalue weighted by Crippen LogP contribution is -2.52. The van der Waals surface area contributed by atoms with Gasteiger partial charge in [-0.15, -0.1) is 0 Å². The van der Waals surface area contributed by atoms with Gasteiger partial charge in [0.1, 0.15) is 6.04 Å². The Bertz CT molecular complexity index is 716. The Morgan fingerprint density at radius 3 is 2.91 bits per heavy atom. The van der Waals surface area contributed by atoms with Gasteiger partial charge in [-0.2, -0.15) is 13.2 Å². The lowest BCUT2D eigenvalue weighted by molar-refractivity contribution is -0.137. The minimum Gasteiger partial charge on any atom is -0.377 e. The number of halogens is 3. The minimum atomic E-state index is -4.41. The van der Waals surface area contributed by atoms with Crippen LogP contribution in [0.25, 0.3) is 10.2 Å². The molecule has 1 aromatic heterocycles. The first kappa shape index (κ1) is 15.0. The van der Waals surface area contributed by atoms with Crippen molar-refractivity contribution in [1.29, 1.82) is 0 Å². The Kier molecular flexibility index (Phi) is 3.69. The average Bonchev–Trinajstić information content (AvgIpc) is 2.89. The van der Waals surface area contributed by atoms with E-state index in [0.717, 1.165) is 12.1 Å². The number of alkyl halides is 3. The maximum Gasteiger partial charge on any atom is 0.416 e. The predicted octanol–water partition coefficient (Wildman–Crippen LogP) is 2.01. The highest BCUT2D eigenvalue weighted by Crippen LogP contribution is 2.35. The van der Waals surface area contributed by atoms with Crippen molar-refractivity contribution in [2.45, 2.75) is 12.2 Å². The molecule has 1 amide bonds. The monoisotopic (exact) mass is 331 g/mol. The Balaban J connectivity index is 1.99. The smallest absolute Gasteiger partial charge is 0.377 e. The van der Waals surface area contributed by atoms with E-state index in [2.05, 4.69) is 4.98 Å². The summed E-state index contributed by atoms with van der Waals surface area (Å²) in [5, 5.41) is 0.474. The molecule has 2 aromatic rings. The van der Waals surface area contributed by atoms with Gasteiger partial charge in [0.15, 0.2) is 5.13 Å². The molecule has 1 atom stereocenters. The molecule has 1 aliphatic heterocycles. The second-order valence-electron chi connectivity index (χ2n) is 4.86. The number of aromatic nitrogens is 1. The molecule has 0 spiro atoms. The van der Waals surface area contributed by atoms with E-state index in [1.54, 1.807) is 4.90 Å². The second kappa shape index (κ2) is 5.40. The topological polar surface area (TPSA) is 68.5 Å². The number of carbonyl (C=O) groups is 1. The number of primary amides is 1. The normalized spacial score (nSPS) is 19.6. The molecule has 0 aliphatic carbocycles. The van der Waals surface area contributed by atoms with Crippen molar-refractivity contribution in [1.82, 2.24) is 4.98 Å². The van der Waals surface area contributed by atoms with E-state index in [1.165, 1.54) is 17.4 Å². The highest BCUT2D eigenvalue weighted by molar-refractivity contribution is 7.22. The molecule has 3 rings (SSSR count). The lowest BCUT2D eigenvalue weighted by Gasteiger charge is -2.33. The maximum atomic E-state index is 12.7. The van der Waals surface area contributed by atoms with Gasteiger partial charge >= 0.3 is 6.18 Å². The number of hydrogen-bond donors (Lipinski definition) is 1. The summed E-state index contributed by atoms with van der Waals surface area (Å²) < 4.78 is 44.0.